The Morgan fingerprint density at radius 2 is 1.71 bits per heavy atom. The zero-order valence-corrected chi connectivity index (χ0v) is 10.7. The Morgan fingerprint density at radius 3 is 2.24 bits per heavy atom. The van der Waals surface area contributed by atoms with Crippen molar-refractivity contribution < 1.29 is 4.79 Å². The van der Waals surface area contributed by atoms with Crippen molar-refractivity contribution in [2.45, 2.75) is 32.7 Å². The second kappa shape index (κ2) is 5.46. The minimum Gasteiger partial charge on any atom is -0.293 e. The van der Waals surface area contributed by atoms with Crippen LogP contribution in [-0.4, -0.2) is 29.8 Å². The van der Waals surface area contributed by atoms with Crippen molar-refractivity contribution >= 4 is 5.78 Å². The Balaban J connectivity index is 2.19. The minimum absolute atomic E-state index is 0.0555. The lowest BCUT2D eigenvalue weighted by atomic mass is 9.94. The van der Waals surface area contributed by atoms with Crippen LogP contribution in [0, 0.1) is 5.92 Å². The van der Waals surface area contributed by atoms with Crippen molar-refractivity contribution in [2.75, 3.05) is 13.1 Å². The third kappa shape index (κ3) is 2.75. The summed E-state index contributed by atoms with van der Waals surface area (Å²) >= 11 is 0. The van der Waals surface area contributed by atoms with E-state index in [2.05, 4.69) is 18.7 Å². The normalized spacial score (nSPS) is 18.5. The molecule has 2 rings (SSSR count). The van der Waals surface area contributed by atoms with Crippen molar-refractivity contribution in [3.8, 4) is 0 Å². The monoisotopic (exact) mass is 231 g/mol. The minimum atomic E-state index is 0.0555. The highest BCUT2D eigenvalue weighted by Crippen LogP contribution is 2.21. The first-order chi connectivity index (χ1) is 8.20. The topological polar surface area (TPSA) is 20.3 Å². The highest BCUT2D eigenvalue weighted by molar-refractivity contribution is 6.00. The zero-order chi connectivity index (χ0) is 12.3. The molecular formula is C15H21NO. The number of rotatable bonds is 4. The van der Waals surface area contributed by atoms with Crippen LogP contribution in [0.2, 0.25) is 0 Å². The molecule has 0 aliphatic carbocycles. The lowest BCUT2D eigenvalue weighted by molar-refractivity contribution is 0.0790. The summed E-state index contributed by atoms with van der Waals surface area (Å²) in [4.78, 5) is 14.9. The van der Waals surface area contributed by atoms with Crippen LogP contribution in [0.1, 0.15) is 37.0 Å². The molecule has 0 N–H and O–H groups in total. The van der Waals surface area contributed by atoms with Gasteiger partial charge in [0.2, 0.25) is 0 Å². The highest BCUT2D eigenvalue weighted by atomic mass is 16.1. The molecule has 1 fully saturated rings. The number of hydrogen-bond acceptors (Lipinski definition) is 2. The Labute approximate surface area is 104 Å². The molecule has 1 unspecified atom stereocenters. The third-order valence-electron chi connectivity index (χ3n) is 3.49. The van der Waals surface area contributed by atoms with Gasteiger partial charge in [0, 0.05) is 5.56 Å². The number of hydrogen-bond donors (Lipinski definition) is 0. The van der Waals surface area contributed by atoms with Crippen molar-refractivity contribution in [3.05, 3.63) is 35.9 Å². The van der Waals surface area contributed by atoms with Gasteiger partial charge in [0.05, 0.1) is 6.04 Å². The maximum absolute atomic E-state index is 12.5. The number of benzene rings is 1. The molecule has 0 bridgehead atoms. The fourth-order valence-electron chi connectivity index (χ4n) is 2.68. The quantitative estimate of drug-likeness (QED) is 0.742. The second-order valence-electron chi connectivity index (χ2n) is 5.16. The van der Waals surface area contributed by atoms with E-state index in [1.54, 1.807) is 0 Å². The van der Waals surface area contributed by atoms with Gasteiger partial charge in [0.25, 0.3) is 0 Å². The van der Waals surface area contributed by atoms with E-state index in [4.69, 9.17) is 0 Å². The summed E-state index contributed by atoms with van der Waals surface area (Å²) in [5, 5.41) is 0. The molecule has 0 radical (unpaired) electrons. The molecule has 0 aromatic heterocycles. The maximum atomic E-state index is 12.5. The van der Waals surface area contributed by atoms with E-state index in [-0.39, 0.29) is 11.8 Å². The molecule has 1 aromatic rings. The molecule has 2 nitrogen and oxygen atoms in total. The Morgan fingerprint density at radius 1 is 1.12 bits per heavy atom. The SMILES string of the molecule is CC(C)C(C(=O)c1ccccc1)N1CCCC1. The average Bonchev–Trinajstić information content (AvgIpc) is 2.83. The summed E-state index contributed by atoms with van der Waals surface area (Å²) in [6.07, 6.45) is 2.45. The average molecular weight is 231 g/mol. The molecular weight excluding hydrogens is 210 g/mol. The standard InChI is InChI=1S/C15H21NO/c1-12(2)14(16-10-6-7-11-16)15(17)13-8-4-3-5-9-13/h3-5,8-9,12,14H,6-7,10-11H2,1-2H3. The van der Waals surface area contributed by atoms with Gasteiger partial charge in [-0.15, -0.1) is 0 Å². The predicted molar refractivity (Wildman–Crippen MR) is 70.2 cm³/mol. The summed E-state index contributed by atoms with van der Waals surface area (Å²) in [6, 6.07) is 9.74. The summed E-state index contributed by atoms with van der Waals surface area (Å²) in [7, 11) is 0. The van der Waals surface area contributed by atoms with Crippen LogP contribution in [0.5, 0.6) is 0 Å². The molecule has 1 atom stereocenters. The van der Waals surface area contributed by atoms with Gasteiger partial charge in [-0.1, -0.05) is 44.2 Å². The van der Waals surface area contributed by atoms with Crippen molar-refractivity contribution in [1.29, 1.82) is 0 Å². The zero-order valence-electron chi connectivity index (χ0n) is 10.7. The molecule has 0 saturated carbocycles. The van der Waals surface area contributed by atoms with Crippen LogP contribution in [0.25, 0.3) is 0 Å². The smallest absolute Gasteiger partial charge is 0.180 e. The van der Waals surface area contributed by atoms with E-state index in [0.29, 0.717) is 5.92 Å². The fourth-order valence-corrected chi connectivity index (χ4v) is 2.68. The molecule has 1 aliphatic heterocycles. The number of carbonyl (C=O) groups excluding carboxylic acids is 1. The largest absolute Gasteiger partial charge is 0.293 e. The first-order valence-corrected chi connectivity index (χ1v) is 6.53. The van der Waals surface area contributed by atoms with Crippen LogP contribution < -0.4 is 0 Å². The van der Waals surface area contributed by atoms with Crippen LogP contribution >= 0.6 is 0 Å². The Bertz CT molecular complexity index is 366. The molecule has 1 heterocycles. The fraction of sp³-hybridized carbons (Fsp3) is 0.533. The molecule has 2 heteroatoms. The Hall–Kier alpha value is -1.15. The van der Waals surface area contributed by atoms with Gasteiger partial charge >= 0.3 is 0 Å². The Kier molecular flexibility index (Phi) is 3.95. The van der Waals surface area contributed by atoms with Gasteiger partial charge in [-0.25, -0.2) is 0 Å². The molecule has 1 aromatic carbocycles. The van der Waals surface area contributed by atoms with Crippen molar-refractivity contribution in [2.24, 2.45) is 5.92 Å². The third-order valence-corrected chi connectivity index (χ3v) is 3.49. The lowest BCUT2D eigenvalue weighted by Crippen LogP contribution is -2.43. The van der Waals surface area contributed by atoms with E-state index < -0.39 is 0 Å². The van der Waals surface area contributed by atoms with Crippen LogP contribution in [0.4, 0.5) is 0 Å². The van der Waals surface area contributed by atoms with Gasteiger partial charge in [-0.05, 0) is 31.8 Å². The van der Waals surface area contributed by atoms with Crippen molar-refractivity contribution in [1.82, 2.24) is 4.90 Å². The summed E-state index contributed by atoms with van der Waals surface area (Å²) < 4.78 is 0. The van der Waals surface area contributed by atoms with E-state index in [1.807, 2.05) is 30.3 Å². The van der Waals surface area contributed by atoms with Crippen molar-refractivity contribution in [3.63, 3.8) is 0 Å². The summed E-state index contributed by atoms with van der Waals surface area (Å²) in [5.41, 5.74) is 0.845. The predicted octanol–water partition coefficient (Wildman–Crippen LogP) is 2.99. The first kappa shape index (κ1) is 12.3. The number of likely N-dealkylation sites (tertiary alicyclic amines) is 1. The second-order valence-corrected chi connectivity index (χ2v) is 5.16. The van der Waals surface area contributed by atoms with E-state index in [9.17, 15) is 4.79 Å². The van der Waals surface area contributed by atoms with Gasteiger partial charge in [0.1, 0.15) is 0 Å². The van der Waals surface area contributed by atoms with Crippen LogP contribution in [0.15, 0.2) is 30.3 Å². The van der Waals surface area contributed by atoms with E-state index in [0.717, 1.165) is 18.7 Å². The first-order valence-electron chi connectivity index (χ1n) is 6.53. The number of ketones is 1. The number of carbonyl (C=O) groups is 1. The van der Waals surface area contributed by atoms with E-state index in [1.165, 1.54) is 12.8 Å². The van der Waals surface area contributed by atoms with Crippen LogP contribution in [-0.2, 0) is 0 Å². The lowest BCUT2D eigenvalue weighted by Gasteiger charge is -2.29. The van der Waals surface area contributed by atoms with E-state index >= 15 is 0 Å². The van der Waals surface area contributed by atoms with Gasteiger partial charge in [0.15, 0.2) is 5.78 Å². The highest BCUT2D eigenvalue weighted by Gasteiger charge is 2.30. The molecule has 92 valence electrons. The van der Waals surface area contributed by atoms with Crippen LogP contribution in [0.3, 0.4) is 0 Å². The number of Topliss-reactive ketones (excluding diaryl/α,β-unsaturated/α-hetero) is 1. The van der Waals surface area contributed by atoms with Gasteiger partial charge in [-0.3, -0.25) is 9.69 Å². The summed E-state index contributed by atoms with van der Waals surface area (Å²) in [5.74, 6) is 0.656. The molecule has 0 spiro atoms. The molecule has 1 aliphatic rings. The summed E-state index contributed by atoms with van der Waals surface area (Å²) in [6.45, 7) is 6.43. The molecule has 1 saturated heterocycles. The molecule has 17 heavy (non-hydrogen) atoms. The van der Waals surface area contributed by atoms with Gasteiger partial charge in [-0.2, -0.15) is 0 Å². The number of nitrogens with zero attached hydrogens (tertiary/aromatic N) is 1. The molecule has 0 amide bonds. The maximum Gasteiger partial charge on any atom is 0.180 e. The van der Waals surface area contributed by atoms with Gasteiger partial charge < -0.3 is 0 Å².